The van der Waals surface area contributed by atoms with Crippen LogP contribution in [0.3, 0.4) is 0 Å². The monoisotopic (exact) mass is 675 g/mol. The summed E-state index contributed by atoms with van der Waals surface area (Å²) in [5, 5.41) is 9.04. The largest absolute Gasteiger partial charge is 0.497 e. The third-order valence-electron chi connectivity index (χ3n) is 7.85. The summed E-state index contributed by atoms with van der Waals surface area (Å²) in [6, 6.07) is 18.6. The third kappa shape index (κ3) is 7.26. The van der Waals surface area contributed by atoms with Crippen LogP contribution in [-0.2, 0) is 20.9 Å². The minimum absolute atomic E-state index is 0.109. The molecule has 0 saturated carbocycles. The van der Waals surface area contributed by atoms with Gasteiger partial charge in [0.15, 0.2) is 17.6 Å². The molecule has 12 nitrogen and oxygen atoms in total. The number of esters is 1. The number of benzene rings is 3. The fourth-order valence-electron chi connectivity index (χ4n) is 5.43. The summed E-state index contributed by atoms with van der Waals surface area (Å²) < 4.78 is 23.0. The van der Waals surface area contributed by atoms with E-state index in [1.165, 1.54) is 13.1 Å². The Morgan fingerprint density at radius 2 is 1.73 bits per heavy atom. The topological polar surface area (TPSA) is 137 Å². The second kappa shape index (κ2) is 14.8. The summed E-state index contributed by atoms with van der Waals surface area (Å²) in [5.41, 5.74) is 1.64. The summed E-state index contributed by atoms with van der Waals surface area (Å²) in [7, 11) is 5.54. The number of ether oxygens (including phenoxy) is 4. The molecular weight excluding hydrogens is 638 g/mol. The maximum atomic E-state index is 13.6. The maximum Gasteiger partial charge on any atom is 0.341 e. The number of likely N-dealkylation sites (N-methyl/N-ethyl adjacent to an activating group) is 1. The van der Waals surface area contributed by atoms with Crippen LogP contribution in [0.25, 0.3) is 10.9 Å². The van der Waals surface area contributed by atoms with E-state index in [4.69, 9.17) is 24.1 Å². The highest BCUT2D eigenvalue weighted by atomic mass is 32.2. The lowest BCUT2D eigenvalue weighted by Gasteiger charge is -2.28. The highest BCUT2D eigenvalue weighted by Gasteiger charge is 2.40. The van der Waals surface area contributed by atoms with Gasteiger partial charge in [0.05, 0.1) is 29.0 Å². The number of hydrogen-bond donors (Lipinski definition) is 1. The van der Waals surface area contributed by atoms with Crippen molar-refractivity contribution in [1.82, 2.24) is 9.47 Å². The number of nitrogens with zero attached hydrogens (tertiary/aromatic N) is 3. The van der Waals surface area contributed by atoms with Gasteiger partial charge in [0.2, 0.25) is 12.2 Å². The number of hydrogen-bond acceptors (Lipinski definition) is 10. The van der Waals surface area contributed by atoms with Gasteiger partial charge < -0.3 is 38.4 Å². The molecule has 0 fully saturated rings. The highest BCUT2D eigenvalue weighted by molar-refractivity contribution is 7.99. The predicted molar refractivity (Wildman–Crippen MR) is 181 cm³/mol. The number of aryl methyl sites for hydroxylation is 1. The van der Waals surface area contributed by atoms with Gasteiger partial charge in [-0.15, -0.1) is 11.8 Å². The third-order valence-corrected chi connectivity index (χ3v) is 9.22. The Morgan fingerprint density at radius 1 is 1.04 bits per heavy atom. The fraction of sp³-hybridized carbons (Fsp3) is 0.314. The van der Waals surface area contributed by atoms with E-state index in [0.717, 1.165) is 21.9 Å². The van der Waals surface area contributed by atoms with E-state index in [0.29, 0.717) is 42.0 Å². The van der Waals surface area contributed by atoms with Gasteiger partial charge in [-0.3, -0.25) is 14.4 Å². The average molecular weight is 676 g/mol. The second-order valence-corrected chi connectivity index (χ2v) is 12.5. The molecule has 0 spiro atoms. The number of thioether (sulfide) groups is 1. The number of anilines is 1. The van der Waals surface area contributed by atoms with Crippen LogP contribution in [0.2, 0.25) is 0 Å². The molecule has 48 heavy (non-hydrogen) atoms. The van der Waals surface area contributed by atoms with Crippen LogP contribution in [0.5, 0.6) is 17.2 Å². The minimum atomic E-state index is -1.23. The molecule has 2 atom stereocenters. The lowest BCUT2D eigenvalue weighted by molar-refractivity contribution is -0.152. The first-order chi connectivity index (χ1) is 23.0. The summed E-state index contributed by atoms with van der Waals surface area (Å²) >= 11 is 1.54. The maximum absolute atomic E-state index is 13.6. The van der Waals surface area contributed by atoms with Crippen molar-refractivity contribution in [3.05, 3.63) is 88.2 Å². The molecule has 2 aliphatic rings. The van der Waals surface area contributed by atoms with Crippen molar-refractivity contribution in [3.8, 4) is 17.2 Å². The van der Waals surface area contributed by atoms with Crippen LogP contribution in [0.1, 0.15) is 35.0 Å². The van der Waals surface area contributed by atoms with Gasteiger partial charge in [-0.05, 0) is 56.9 Å². The highest BCUT2D eigenvalue weighted by Crippen LogP contribution is 2.47. The predicted octanol–water partition coefficient (Wildman–Crippen LogP) is 4.82. The number of amides is 1. The second-order valence-electron chi connectivity index (χ2n) is 11.3. The number of para-hydroxylation sites is 1. The zero-order chi connectivity index (χ0) is 34.5. The van der Waals surface area contributed by atoms with Crippen LogP contribution in [0, 0.1) is 0 Å². The fourth-order valence-corrected chi connectivity index (χ4v) is 6.75. The molecule has 4 aromatic rings. The standard InChI is InChI=1S/C22H26N2O4S.C13H11NO5/c1-15(25)28-20-21(16-9-11-17(27-4)12-10-16)29-19-8-6-5-7-18(19)24(22(20)26)14-13-23(2)3;1-2-14-5-8(13(16)17)12(15)7-3-10-11(4-9(7)14)19-6-18-10/h5-12,20-21H,13-14H2,1-4H3;3-5H,2,6H2,1H3,(H,16,17)/t20-,21+;/m0./s1. The van der Waals surface area contributed by atoms with Crippen LogP contribution in [0.4, 0.5) is 5.69 Å². The van der Waals surface area contributed by atoms with Gasteiger partial charge in [0.1, 0.15) is 11.3 Å². The summed E-state index contributed by atoms with van der Waals surface area (Å²) in [5.74, 6) is -0.143. The molecule has 13 heteroatoms. The number of carboxylic acid groups (broad SMARTS) is 1. The zero-order valence-corrected chi connectivity index (χ0v) is 28.1. The number of carbonyl (C=O) groups is 3. The molecule has 1 aromatic heterocycles. The molecule has 1 N–H and O–H groups in total. The molecule has 252 valence electrons. The van der Waals surface area contributed by atoms with E-state index in [1.54, 1.807) is 40.5 Å². The molecule has 0 bridgehead atoms. The molecule has 0 aliphatic carbocycles. The van der Waals surface area contributed by atoms with E-state index >= 15 is 0 Å². The van der Waals surface area contributed by atoms with E-state index in [1.807, 2.05) is 74.4 Å². The van der Waals surface area contributed by atoms with Crippen molar-refractivity contribution in [3.63, 3.8) is 0 Å². The Kier molecular flexibility index (Phi) is 10.6. The average Bonchev–Trinajstić information content (AvgIpc) is 3.50. The van der Waals surface area contributed by atoms with Crippen molar-refractivity contribution >= 4 is 46.2 Å². The van der Waals surface area contributed by atoms with Gasteiger partial charge in [0.25, 0.3) is 5.91 Å². The number of rotatable bonds is 8. The van der Waals surface area contributed by atoms with E-state index in [9.17, 15) is 19.2 Å². The Bertz CT molecular complexity index is 1890. The lowest BCUT2D eigenvalue weighted by atomic mass is 10.1. The molecular formula is C35H37N3O9S. The summed E-state index contributed by atoms with van der Waals surface area (Å²) in [6.07, 6.45) is 0.440. The van der Waals surface area contributed by atoms with Crippen molar-refractivity contribution in [2.24, 2.45) is 0 Å². The summed E-state index contributed by atoms with van der Waals surface area (Å²) in [4.78, 5) is 53.4. The Hall–Kier alpha value is -5.01. The van der Waals surface area contributed by atoms with Gasteiger partial charge >= 0.3 is 11.9 Å². The molecule has 0 saturated heterocycles. The molecule has 0 unspecified atom stereocenters. The Morgan fingerprint density at radius 3 is 2.35 bits per heavy atom. The normalized spacial score (nSPS) is 16.5. The molecule has 3 aromatic carbocycles. The number of carboxylic acids is 1. The van der Waals surface area contributed by atoms with E-state index in [-0.39, 0.29) is 23.5 Å². The Labute approximate surface area is 281 Å². The van der Waals surface area contributed by atoms with Crippen LogP contribution >= 0.6 is 11.8 Å². The number of aromatic carboxylic acids is 1. The number of methoxy groups -OCH3 is 1. The van der Waals surface area contributed by atoms with Crippen molar-refractivity contribution in [2.75, 3.05) is 46.0 Å². The summed E-state index contributed by atoms with van der Waals surface area (Å²) in [6.45, 7) is 5.08. The molecule has 3 heterocycles. The molecule has 1 amide bonds. The van der Waals surface area contributed by atoms with Gasteiger partial charge in [-0.1, -0.05) is 24.3 Å². The number of aromatic nitrogens is 1. The quantitative estimate of drug-likeness (QED) is 0.258. The van der Waals surface area contributed by atoms with Gasteiger partial charge in [-0.25, -0.2) is 4.79 Å². The molecule has 6 rings (SSSR count). The van der Waals surface area contributed by atoms with Gasteiger partial charge in [0, 0.05) is 43.7 Å². The minimum Gasteiger partial charge on any atom is -0.497 e. The molecule has 2 aliphatic heterocycles. The van der Waals surface area contributed by atoms with Crippen LogP contribution in [-0.4, -0.2) is 79.6 Å². The van der Waals surface area contributed by atoms with Crippen molar-refractivity contribution in [2.45, 2.75) is 36.6 Å². The first-order valence-electron chi connectivity index (χ1n) is 15.2. The van der Waals surface area contributed by atoms with Crippen molar-refractivity contribution in [1.29, 1.82) is 0 Å². The smallest absolute Gasteiger partial charge is 0.341 e. The number of carbonyl (C=O) groups excluding carboxylic acids is 2. The molecule has 0 radical (unpaired) electrons. The van der Waals surface area contributed by atoms with Crippen LogP contribution in [0.15, 0.2) is 76.6 Å². The SMILES string of the molecule is CCn1cc(C(=O)O)c(=O)c2cc3c(cc21)OCO3.COc1ccc([C@H]2Sc3ccccc3N(CCN(C)C)C(=O)[C@H]2OC(C)=O)cc1. The van der Waals surface area contributed by atoms with E-state index < -0.39 is 23.5 Å². The first-order valence-corrected chi connectivity index (χ1v) is 16.1. The number of pyridine rings is 1. The van der Waals surface area contributed by atoms with Crippen LogP contribution < -0.4 is 24.5 Å². The zero-order valence-electron chi connectivity index (χ0n) is 27.3. The van der Waals surface area contributed by atoms with Crippen molar-refractivity contribution < 1.29 is 38.4 Å². The Balaban J connectivity index is 0.000000204. The lowest BCUT2D eigenvalue weighted by Crippen LogP contribution is -2.45. The van der Waals surface area contributed by atoms with Gasteiger partial charge in [-0.2, -0.15) is 0 Å². The number of fused-ring (bicyclic) bond motifs is 3. The van der Waals surface area contributed by atoms with E-state index in [2.05, 4.69) is 0 Å². The first kappa shape index (κ1) is 34.3.